The molecule has 0 aromatic carbocycles. The Morgan fingerprint density at radius 3 is 2.33 bits per heavy atom. The molecule has 1 aliphatic heterocycles. The van der Waals surface area contributed by atoms with Gasteiger partial charge in [-0.3, -0.25) is 10.2 Å². The summed E-state index contributed by atoms with van der Waals surface area (Å²) >= 11 is 0. The summed E-state index contributed by atoms with van der Waals surface area (Å²) < 4.78 is 37.7. The lowest BCUT2D eigenvalue weighted by atomic mass is 9.94. The largest absolute Gasteiger partial charge is 0.405 e. The van der Waals surface area contributed by atoms with Crippen molar-refractivity contribution in [1.82, 2.24) is 10.4 Å². The highest BCUT2D eigenvalue weighted by molar-refractivity contribution is 5.83. The standard InChI is InChI=1S/C9H15F3N2O/c1-4-6(9(10,11)12)14-5-8(2,3)7(15)13-14/h6H,4-5H2,1-3H3,(H,13,15)/t6-/m0/s1. The third-order valence-electron chi connectivity index (χ3n) is 2.57. The second-order valence-corrected chi connectivity index (χ2v) is 4.42. The molecule has 6 heteroatoms. The molecule has 3 nitrogen and oxygen atoms in total. The van der Waals surface area contributed by atoms with Crippen LogP contribution >= 0.6 is 0 Å². The molecule has 0 bridgehead atoms. The number of hydrogen-bond donors (Lipinski definition) is 1. The van der Waals surface area contributed by atoms with Crippen LogP contribution in [0.1, 0.15) is 27.2 Å². The molecule has 1 amide bonds. The lowest BCUT2D eigenvalue weighted by molar-refractivity contribution is -0.189. The van der Waals surface area contributed by atoms with E-state index < -0.39 is 17.6 Å². The fourth-order valence-corrected chi connectivity index (χ4v) is 1.64. The summed E-state index contributed by atoms with van der Waals surface area (Å²) in [6.07, 6.45) is -4.37. The number of hydrogen-bond acceptors (Lipinski definition) is 2. The van der Waals surface area contributed by atoms with E-state index in [0.29, 0.717) is 0 Å². The topological polar surface area (TPSA) is 32.3 Å². The fourth-order valence-electron chi connectivity index (χ4n) is 1.64. The summed E-state index contributed by atoms with van der Waals surface area (Å²) in [6, 6.07) is -1.59. The summed E-state index contributed by atoms with van der Waals surface area (Å²) in [6.45, 7) is 4.80. The molecule has 1 heterocycles. The number of carbonyl (C=O) groups is 1. The van der Waals surface area contributed by atoms with Crippen molar-refractivity contribution < 1.29 is 18.0 Å². The lowest BCUT2D eigenvalue weighted by Crippen LogP contribution is -2.49. The van der Waals surface area contributed by atoms with Gasteiger partial charge in [-0.2, -0.15) is 13.2 Å². The highest BCUT2D eigenvalue weighted by atomic mass is 19.4. The number of rotatable bonds is 2. The quantitative estimate of drug-likeness (QED) is 0.774. The first-order valence-corrected chi connectivity index (χ1v) is 4.83. The van der Waals surface area contributed by atoms with Crippen molar-refractivity contribution in [3.05, 3.63) is 0 Å². The molecule has 0 radical (unpaired) electrons. The molecule has 88 valence electrons. The average molecular weight is 224 g/mol. The van der Waals surface area contributed by atoms with E-state index in [1.54, 1.807) is 13.8 Å². The summed E-state index contributed by atoms with van der Waals surface area (Å²) in [5.41, 5.74) is 1.52. The molecule has 0 unspecified atom stereocenters. The van der Waals surface area contributed by atoms with Gasteiger partial charge in [0.05, 0.1) is 5.41 Å². The van der Waals surface area contributed by atoms with Gasteiger partial charge in [0.15, 0.2) is 0 Å². The van der Waals surface area contributed by atoms with Crippen LogP contribution in [0.25, 0.3) is 0 Å². The van der Waals surface area contributed by atoms with E-state index in [4.69, 9.17) is 0 Å². The first-order chi connectivity index (χ1) is 6.68. The van der Waals surface area contributed by atoms with Crippen molar-refractivity contribution in [2.45, 2.75) is 39.4 Å². The second kappa shape index (κ2) is 3.66. The van der Waals surface area contributed by atoms with Gasteiger partial charge in [0.2, 0.25) is 5.91 Å². The summed E-state index contributed by atoms with van der Waals surface area (Å²) in [4.78, 5) is 11.3. The predicted molar refractivity (Wildman–Crippen MR) is 48.8 cm³/mol. The van der Waals surface area contributed by atoms with Crippen LogP contribution in [0, 0.1) is 5.41 Å². The molecule has 0 aromatic heterocycles. The zero-order valence-electron chi connectivity index (χ0n) is 8.98. The van der Waals surface area contributed by atoms with E-state index in [9.17, 15) is 18.0 Å². The monoisotopic (exact) mass is 224 g/mol. The Morgan fingerprint density at radius 2 is 2.07 bits per heavy atom. The Morgan fingerprint density at radius 1 is 1.53 bits per heavy atom. The normalized spacial score (nSPS) is 24.0. The van der Waals surface area contributed by atoms with Gasteiger partial charge in [0.25, 0.3) is 0 Å². The smallest absolute Gasteiger partial charge is 0.288 e. The fraction of sp³-hybridized carbons (Fsp3) is 0.889. The molecule has 0 aliphatic carbocycles. The third kappa shape index (κ3) is 2.42. The third-order valence-corrected chi connectivity index (χ3v) is 2.57. The number of nitrogens with one attached hydrogen (secondary N) is 1. The van der Waals surface area contributed by atoms with Crippen LogP contribution in [0.4, 0.5) is 13.2 Å². The highest BCUT2D eigenvalue weighted by Gasteiger charge is 2.49. The minimum absolute atomic E-state index is 0.0696. The van der Waals surface area contributed by atoms with Gasteiger partial charge >= 0.3 is 6.18 Å². The molecule has 0 aromatic rings. The maximum atomic E-state index is 12.6. The van der Waals surface area contributed by atoms with Crippen molar-refractivity contribution in [3.8, 4) is 0 Å². The van der Waals surface area contributed by atoms with Gasteiger partial charge in [-0.15, -0.1) is 0 Å². The van der Waals surface area contributed by atoms with Crippen LogP contribution in [0.5, 0.6) is 0 Å². The van der Waals surface area contributed by atoms with E-state index >= 15 is 0 Å². The van der Waals surface area contributed by atoms with E-state index in [1.165, 1.54) is 6.92 Å². The maximum absolute atomic E-state index is 12.6. The van der Waals surface area contributed by atoms with Crippen LogP contribution in [0.3, 0.4) is 0 Å². The predicted octanol–water partition coefficient (Wildman–Crippen LogP) is 1.70. The minimum atomic E-state index is -4.30. The van der Waals surface area contributed by atoms with Crippen molar-refractivity contribution in [2.75, 3.05) is 6.54 Å². The number of nitrogens with zero attached hydrogens (tertiary/aromatic N) is 1. The number of amides is 1. The first-order valence-electron chi connectivity index (χ1n) is 4.83. The van der Waals surface area contributed by atoms with Gasteiger partial charge in [-0.05, 0) is 20.3 Å². The van der Waals surface area contributed by atoms with E-state index in [1.807, 2.05) is 0 Å². The lowest BCUT2D eigenvalue weighted by Gasteiger charge is -2.28. The molecule has 1 N–H and O–H groups in total. The average Bonchev–Trinajstić information content (AvgIpc) is 2.24. The maximum Gasteiger partial charge on any atom is 0.405 e. The molecule has 15 heavy (non-hydrogen) atoms. The Balaban J connectivity index is 2.79. The van der Waals surface area contributed by atoms with Crippen LogP contribution in [-0.2, 0) is 4.79 Å². The summed E-state index contributed by atoms with van der Waals surface area (Å²) in [5.74, 6) is -0.356. The van der Waals surface area contributed by atoms with Gasteiger partial charge in [-0.25, -0.2) is 5.01 Å². The number of carbonyl (C=O) groups excluding carboxylic acids is 1. The highest BCUT2D eigenvalue weighted by Crippen LogP contribution is 2.31. The molecule has 1 rings (SSSR count). The van der Waals surface area contributed by atoms with Gasteiger partial charge in [0, 0.05) is 6.54 Å². The van der Waals surface area contributed by atoms with E-state index in [-0.39, 0.29) is 18.9 Å². The first kappa shape index (κ1) is 12.3. The molecule has 0 saturated carbocycles. The molecular formula is C9H15F3N2O. The molecule has 1 aliphatic rings. The molecule has 1 fully saturated rings. The van der Waals surface area contributed by atoms with E-state index in [0.717, 1.165) is 5.01 Å². The Hall–Kier alpha value is -0.780. The summed E-state index contributed by atoms with van der Waals surface area (Å²) in [7, 11) is 0. The van der Waals surface area contributed by atoms with Gasteiger partial charge in [-0.1, -0.05) is 6.92 Å². The van der Waals surface area contributed by atoms with Crippen LogP contribution in [-0.4, -0.2) is 29.7 Å². The molecule has 1 atom stereocenters. The zero-order chi connectivity index (χ0) is 11.9. The van der Waals surface area contributed by atoms with Crippen molar-refractivity contribution in [1.29, 1.82) is 0 Å². The van der Waals surface area contributed by atoms with Crippen molar-refractivity contribution in [2.24, 2.45) is 5.41 Å². The second-order valence-electron chi connectivity index (χ2n) is 4.42. The molecular weight excluding hydrogens is 209 g/mol. The van der Waals surface area contributed by atoms with Crippen molar-refractivity contribution in [3.63, 3.8) is 0 Å². The Kier molecular flexibility index (Phi) is 3.00. The molecule has 1 saturated heterocycles. The Bertz CT molecular complexity index is 263. The van der Waals surface area contributed by atoms with E-state index in [2.05, 4.69) is 5.43 Å². The van der Waals surface area contributed by atoms with Crippen LogP contribution in [0.15, 0.2) is 0 Å². The van der Waals surface area contributed by atoms with Crippen LogP contribution in [0.2, 0.25) is 0 Å². The van der Waals surface area contributed by atoms with Gasteiger partial charge in [0.1, 0.15) is 6.04 Å². The summed E-state index contributed by atoms with van der Waals surface area (Å²) in [5, 5.41) is 0.988. The number of halogens is 3. The minimum Gasteiger partial charge on any atom is -0.288 e. The molecule has 0 spiro atoms. The van der Waals surface area contributed by atoms with Crippen molar-refractivity contribution >= 4 is 5.91 Å². The number of alkyl halides is 3. The SMILES string of the molecule is CC[C@H](N1CC(C)(C)C(=O)N1)C(F)(F)F. The van der Waals surface area contributed by atoms with Gasteiger partial charge < -0.3 is 0 Å². The number of hydrazine groups is 1. The zero-order valence-corrected chi connectivity index (χ0v) is 8.98. The Labute approximate surface area is 86.6 Å². The van der Waals surface area contributed by atoms with Crippen LogP contribution < -0.4 is 5.43 Å².